The lowest BCUT2D eigenvalue weighted by Gasteiger charge is -2.60. The highest BCUT2D eigenvalue weighted by molar-refractivity contribution is 5.27. The van der Waals surface area contributed by atoms with Crippen LogP contribution in [0.4, 0.5) is 0 Å². The van der Waals surface area contributed by atoms with Crippen LogP contribution in [0.1, 0.15) is 44.7 Å². The minimum Gasteiger partial charge on any atom is -0.377 e. The van der Waals surface area contributed by atoms with Crippen LogP contribution >= 0.6 is 0 Å². The minimum absolute atomic E-state index is 0.270. The standard InChI is InChI=1S/C18H27NO/c1-4-13-8-5-6-9-14(13)12-19-16-15-10-7-11-20-17(15)18(16,2)3/h5-6,8-9,15-17,19H,4,7,10-12H2,1-3H3. The molecule has 1 heterocycles. The Morgan fingerprint density at radius 2 is 2.00 bits per heavy atom. The van der Waals surface area contributed by atoms with Gasteiger partial charge in [0.15, 0.2) is 0 Å². The van der Waals surface area contributed by atoms with Crippen molar-refractivity contribution in [3.05, 3.63) is 35.4 Å². The molecule has 0 aromatic heterocycles. The van der Waals surface area contributed by atoms with Gasteiger partial charge in [-0.2, -0.15) is 0 Å². The van der Waals surface area contributed by atoms with Crippen LogP contribution in [0.15, 0.2) is 24.3 Å². The van der Waals surface area contributed by atoms with Crippen LogP contribution in [0.25, 0.3) is 0 Å². The lowest BCUT2D eigenvalue weighted by molar-refractivity contribution is -0.192. The van der Waals surface area contributed by atoms with Gasteiger partial charge in [-0.1, -0.05) is 45.0 Å². The van der Waals surface area contributed by atoms with E-state index in [9.17, 15) is 0 Å². The van der Waals surface area contributed by atoms with E-state index in [1.54, 1.807) is 0 Å². The molecule has 1 aliphatic heterocycles. The normalized spacial score (nSPS) is 31.4. The Balaban J connectivity index is 1.66. The summed E-state index contributed by atoms with van der Waals surface area (Å²) < 4.78 is 5.98. The van der Waals surface area contributed by atoms with Gasteiger partial charge in [-0.15, -0.1) is 0 Å². The summed E-state index contributed by atoms with van der Waals surface area (Å²) in [5.74, 6) is 0.715. The maximum absolute atomic E-state index is 5.98. The van der Waals surface area contributed by atoms with Crippen LogP contribution in [0.5, 0.6) is 0 Å². The van der Waals surface area contributed by atoms with Gasteiger partial charge in [-0.3, -0.25) is 0 Å². The van der Waals surface area contributed by atoms with Gasteiger partial charge >= 0.3 is 0 Å². The Bertz CT molecular complexity index is 468. The summed E-state index contributed by atoms with van der Waals surface area (Å²) in [5.41, 5.74) is 3.19. The summed E-state index contributed by atoms with van der Waals surface area (Å²) >= 11 is 0. The average Bonchev–Trinajstić information content (AvgIpc) is 2.47. The third-order valence-corrected chi connectivity index (χ3v) is 5.34. The third kappa shape index (κ3) is 2.29. The summed E-state index contributed by atoms with van der Waals surface area (Å²) in [6, 6.07) is 9.38. The van der Waals surface area contributed by atoms with E-state index in [1.807, 2.05) is 0 Å². The number of hydrogen-bond donors (Lipinski definition) is 1. The monoisotopic (exact) mass is 273 g/mol. The maximum Gasteiger partial charge on any atom is 0.0684 e. The van der Waals surface area contributed by atoms with Crippen LogP contribution in [0, 0.1) is 11.3 Å². The smallest absolute Gasteiger partial charge is 0.0684 e. The molecule has 3 atom stereocenters. The molecule has 1 aromatic rings. The van der Waals surface area contributed by atoms with Crippen LogP contribution in [0.3, 0.4) is 0 Å². The molecule has 0 spiro atoms. The predicted molar refractivity (Wildman–Crippen MR) is 82.7 cm³/mol. The minimum atomic E-state index is 0.270. The first-order chi connectivity index (χ1) is 9.64. The number of hydrogen-bond acceptors (Lipinski definition) is 2. The number of fused-ring (bicyclic) bond motifs is 1. The molecular weight excluding hydrogens is 246 g/mol. The topological polar surface area (TPSA) is 21.3 Å². The quantitative estimate of drug-likeness (QED) is 0.906. The second kappa shape index (κ2) is 5.50. The number of nitrogens with one attached hydrogen (secondary N) is 1. The number of ether oxygens (including phenoxy) is 1. The molecule has 0 bridgehead atoms. The van der Waals surface area contributed by atoms with Gasteiger partial charge in [0.25, 0.3) is 0 Å². The van der Waals surface area contributed by atoms with Crippen LogP contribution in [-0.4, -0.2) is 18.8 Å². The molecule has 1 aromatic carbocycles. The molecule has 1 aliphatic carbocycles. The molecule has 20 heavy (non-hydrogen) atoms. The van der Waals surface area contributed by atoms with E-state index in [4.69, 9.17) is 4.74 Å². The second-order valence-electron chi connectivity index (χ2n) is 6.90. The lowest BCUT2D eigenvalue weighted by atomic mass is 9.55. The third-order valence-electron chi connectivity index (χ3n) is 5.34. The number of benzene rings is 1. The molecule has 110 valence electrons. The molecule has 2 fully saturated rings. The van der Waals surface area contributed by atoms with Crippen molar-refractivity contribution < 1.29 is 4.74 Å². The summed E-state index contributed by atoms with van der Waals surface area (Å²) in [4.78, 5) is 0. The molecule has 2 aliphatic rings. The van der Waals surface area contributed by atoms with Crippen molar-refractivity contribution >= 4 is 0 Å². The van der Waals surface area contributed by atoms with E-state index in [0.29, 0.717) is 18.1 Å². The number of rotatable bonds is 4. The van der Waals surface area contributed by atoms with Crippen LogP contribution in [-0.2, 0) is 17.7 Å². The zero-order chi connectivity index (χ0) is 14.2. The average molecular weight is 273 g/mol. The van der Waals surface area contributed by atoms with Gasteiger partial charge in [-0.25, -0.2) is 0 Å². The van der Waals surface area contributed by atoms with Crippen molar-refractivity contribution in [3.8, 4) is 0 Å². The van der Waals surface area contributed by atoms with Gasteiger partial charge in [0.1, 0.15) is 0 Å². The molecule has 1 saturated carbocycles. The van der Waals surface area contributed by atoms with E-state index in [-0.39, 0.29) is 5.41 Å². The molecule has 2 nitrogen and oxygen atoms in total. The van der Waals surface area contributed by atoms with Crippen LogP contribution in [0.2, 0.25) is 0 Å². The molecular formula is C18H27NO. The summed E-state index contributed by atoms with van der Waals surface area (Å²) in [6.07, 6.45) is 4.12. The predicted octanol–water partition coefficient (Wildman–Crippen LogP) is 3.54. The Hall–Kier alpha value is -0.860. The van der Waals surface area contributed by atoms with Crippen molar-refractivity contribution in [2.24, 2.45) is 11.3 Å². The van der Waals surface area contributed by atoms with Crippen LogP contribution < -0.4 is 5.32 Å². The van der Waals surface area contributed by atoms with Crippen molar-refractivity contribution in [3.63, 3.8) is 0 Å². The molecule has 2 heteroatoms. The van der Waals surface area contributed by atoms with Gasteiger partial charge in [0, 0.05) is 30.5 Å². The zero-order valence-electron chi connectivity index (χ0n) is 13.0. The summed E-state index contributed by atoms with van der Waals surface area (Å²) in [7, 11) is 0. The van der Waals surface area contributed by atoms with Gasteiger partial charge in [0.2, 0.25) is 0 Å². The van der Waals surface area contributed by atoms with E-state index in [0.717, 1.165) is 19.6 Å². The lowest BCUT2D eigenvalue weighted by Crippen LogP contribution is -2.69. The molecule has 3 rings (SSSR count). The first-order valence-corrected chi connectivity index (χ1v) is 8.06. The first kappa shape index (κ1) is 14.1. The van der Waals surface area contributed by atoms with E-state index in [2.05, 4.69) is 50.4 Å². The molecule has 1 N–H and O–H groups in total. The molecule has 0 amide bonds. The molecule has 1 saturated heterocycles. The van der Waals surface area contributed by atoms with E-state index in [1.165, 1.54) is 24.0 Å². The highest BCUT2D eigenvalue weighted by atomic mass is 16.5. The number of aryl methyl sites for hydroxylation is 1. The Morgan fingerprint density at radius 3 is 2.75 bits per heavy atom. The highest BCUT2D eigenvalue weighted by Crippen LogP contribution is 2.51. The SMILES string of the molecule is CCc1ccccc1CNC1C2CCCOC2C1(C)C. The maximum atomic E-state index is 5.98. The Morgan fingerprint density at radius 1 is 1.25 bits per heavy atom. The highest BCUT2D eigenvalue weighted by Gasteiger charge is 2.57. The summed E-state index contributed by atoms with van der Waals surface area (Å²) in [5, 5.41) is 3.82. The fraction of sp³-hybridized carbons (Fsp3) is 0.667. The van der Waals surface area contributed by atoms with E-state index < -0.39 is 0 Å². The van der Waals surface area contributed by atoms with Crippen molar-refractivity contribution in [1.29, 1.82) is 0 Å². The van der Waals surface area contributed by atoms with Crippen molar-refractivity contribution in [2.75, 3.05) is 6.61 Å². The fourth-order valence-electron chi connectivity index (χ4n) is 4.23. The largest absolute Gasteiger partial charge is 0.377 e. The van der Waals surface area contributed by atoms with Crippen molar-refractivity contribution in [1.82, 2.24) is 5.32 Å². The van der Waals surface area contributed by atoms with Gasteiger partial charge in [-0.05, 0) is 30.4 Å². The second-order valence-corrected chi connectivity index (χ2v) is 6.90. The molecule has 3 unspecified atom stereocenters. The van der Waals surface area contributed by atoms with Gasteiger partial charge < -0.3 is 10.1 Å². The molecule has 0 radical (unpaired) electrons. The zero-order valence-corrected chi connectivity index (χ0v) is 13.0. The van der Waals surface area contributed by atoms with Gasteiger partial charge in [0.05, 0.1) is 6.10 Å². The first-order valence-electron chi connectivity index (χ1n) is 8.06. The van der Waals surface area contributed by atoms with E-state index >= 15 is 0 Å². The summed E-state index contributed by atoms with van der Waals surface area (Å²) in [6.45, 7) is 8.88. The Labute approximate surface area is 122 Å². The fourth-order valence-corrected chi connectivity index (χ4v) is 4.23. The van der Waals surface area contributed by atoms with Crippen molar-refractivity contribution in [2.45, 2.75) is 58.7 Å². The Kier molecular flexibility index (Phi) is 3.87.